The molecule has 1 fully saturated rings. The number of hydrogen-bond donors (Lipinski definition) is 2. The molecule has 110 valence electrons. The summed E-state index contributed by atoms with van der Waals surface area (Å²) in [6.45, 7) is 11.2. The molecule has 0 heterocycles. The first kappa shape index (κ1) is 15.8. The van der Waals surface area contributed by atoms with Crippen molar-refractivity contribution in [3.63, 3.8) is 0 Å². The van der Waals surface area contributed by atoms with Crippen molar-refractivity contribution in [3.05, 3.63) is 29.8 Å². The van der Waals surface area contributed by atoms with Crippen LogP contribution in [0.4, 0.5) is 0 Å². The quantitative estimate of drug-likeness (QED) is 0.838. The molecule has 1 aromatic carbocycles. The molecule has 1 aromatic rings. The molecule has 0 aromatic heterocycles. The molecule has 3 nitrogen and oxygen atoms in total. The van der Waals surface area contributed by atoms with E-state index >= 15 is 0 Å². The lowest BCUT2D eigenvalue weighted by molar-refractivity contribution is 0.159. The summed E-state index contributed by atoms with van der Waals surface area (Å²) in [5.41, 5.74) is 1.41. The summed E-state index contributed by atoms with van der Waals surface area (Å²) < 4.78 is 6.60. The molecule has 1 aliphatic carbocycles. The van der Waals surface area contributed by atoms with E-state index in [1.807, 2.05) is 18.2 Å². The summed E-state index contributed by atoms with van der Waals surface area (Å²) in [6.07, 6.45) is 2.04. The fourth-order valence-electron chi connectivity index (χ4n) is 2.19. The van der Waals surface area contributed by atoms with Gasteiger partial charge in [-0.25, -0.2) is 0 Å². The minimum absolute atomic E-state index is 0.177. The van der Waals surface area contributed by atoms with E-state index in [9.17, 15) is 10.0 Å². The van der Waals surface area contributed by atoms with Crippen molar-refractivity contribution in [2.24, 2.45) is 0 Å². The predicted octanol–water partition coefficient (Wildman–Crippen LogP) is 2.38. The van der Waals surface area contributed by atoms with Crippen molar-refractivity contribution >= 4 is 20.9 Å². The molecule has 20 heavy (non-hydrogen) atoms. The van der Waals surface area contributed by atoms with Crippen molar-refractivity contribution in [2.75, 3.05) is 0 Å². The lowest BCUT2D eigenvalue weighted by Gasteiger charge is -2.40. The van der Waals surface area contributed by atoms with Crippen molar-refractivity contribution in [1.29, 1.82) is 0 Å². The number of hydrogen-bond acceptors (Lipinski definition) is 3. The molecule has 0 unspecified atom stereocenters. The zero-order valence-corrected chi connectivity index (χ0v) is 14.1. The molecular weight excluding hydrogens is 267 g/mol. The minimum atomic E-state index is -1.83. The molecule has 0 bridgehead atoms. The van der Waals surface area contributed by atoms with Crippen molar-refractivity contribution < 1.29 is 14.5 Å². The van der Waals surface area contributed by atoms with Gasteiger partial charge in [0.1, 0.15) is 0 Å². The van der Waals surface area contributed by atoms with Gasteiger partial charge in [-0.15, -0.1) is 0 Å². The maximum absolute atomic E-state index is 9.32. The summed E-state index contributed by atoms with van der Waals surface area (Å²) in [5.74, 6) is 0. The zero-order valence-electron chi connectivity index (χ0n) is 13.1. The Kier molecular flexibility index (Phi) is 3.93. The highest BCUT2D eigenvalue weighted by molar-refractivity contribution is 6.74. The van der Waals surface area contributed by atoms with Crippen LogP contribution in [0, 0.1) is 0 Å². The van der Waals surface area contributed by atoms with E-state index < -0.39 is 15.4 Å². The Balaban J connectivity index is 2.26. The van der Waals surface area contributed by atoms with Gasteiger partial charge in [0, 0.05) is 0 Å². The summed E-state index contributed by atoms with van der Waals surface area (Å²) in [7, 11) is -3.25. The highest BCUT2D eigenvalue weighted by Crippen LogP contribution is 2.53. The maximum atomic E-state index is 9.32. The summed E-state index contributed by atoms with van der Waals surface area (Å²) in [4.78, 5) is 0. The fraction of sp³-hybridized carbons (Fsp3) is 0.600. The standard InChI is InChI=1S/C15H25BO3Si/c1-14(2,3)20(4,5)19-15(9-10-15)12-7-6-8-13(11-12)16(17)18/h6-8,11,17-18H,9-10H2,1-5H3. The molecule has 5 heteroatoms. The zero-order chi connectivity index (χ0) is 15.2. The van der Waals surface area contributed by atoms with Crippen LogP contribution < -0.4 is 5.46 Å². The Labute approximate surface area is 123 Å². The second-order valence-corrected chi connectivity index (χ2v) is 12.1. The molecule has 2 N–H and O–H groups in total. The van der Waals surface area contributed by atoms with Crippen LogP contribution in [0.15, 0.2) is 24.3 Å². The largest absolute Gasteiger partial charge is 0.488 e. The second-order valence-electron chi connectivity index (χ2n) is 7.36. The third kappa shape index (κ3) is 3.01. The molecule has 0 aliphatic heterocycles. The highest BCUT2D eigenvalue weighted by Gasteiger charge is 2.52. The van der Waals surface area contributed by atoms with Crippen LogP contribution >= 0.6 is 0 Å². The van der Waals surface area contributed by atoms with Crippen LogP contribution in [0.5, 0.6) is 0 Å². The van der Waals surface area contributed by atoms with E-state index in [1.54, 1.807) is 6.07 Å². The van der Waals surface area contributed by atoms with Crippen molar-refractivity contribution in [3.8, 4) is 0 Å². The first-order chi connectivity index (χ1) is 9.07. The Morgan fingerprint density at radius 3 is 2.25 bits per heavy atom. The topological polar surface area (TPSA) is 49.7 Å². The fourth-order valence-corrected chi connectivity index (χ4v) is 3.79. The number of benzene rings is 1. The van der Waals surface area contributed by atoms with E-state index in [0.717, 1.165) is 18.4 Å². The SMILES string of the molecule is CC(C)(C)[Si](C)(C)OC1(c2cccc(B(O)O)c2)CC1. The van der Waals surface area contributed by atoms with Crippen LogP contribution in [-0.2, 0) is 10.0 Å². The van der Waals surface area contributed by atoms with Gasteiger partial charge in [0.25, 0.3) is 0 Å². The van der Waals surface area contributed by atoms with Gasteiger partial charge >= 0.3 is 7.12 Å². The molecular formula is C15H25BO3Si. The van der Waals surface area contributed by atoms with E-state index in [0.29, 0.717) is 5.46 Å². The van der Waals surface area contributed by atoms with Crippen LogP contribution in [0.2, 0.25) is 18.1 Å². The van der Waals surface area contributed by atoms with Gasteiger partial charge in [0.2, 0.25) is 0 Å². The van der Waals surface area contributed by atoms with Crippen LogP contribution in [0.25, 0.3) is 0 Å². The summed E-state index contributed by atoms with van der Waals surface area (Å²) in [5, 5.41) is 18.8. The second kappa shape index (κ2) is 4.98. The van der Waals surface area contributed by atoms with Gasteiger partial charge in [-0.3, -0.25) is 0 Å². The van der Waals surface area contributed by atoms with E-state index in [1.165, 1.54) is 0 Å². The lowest BCUT2D eigenvalue weighted by Crippen LogP contribution is -2.44. The Morgan fingerprint density at radius 2 is 1.80 bits per heavy atom. The first-order valence-corrected chi connectivity index (χ1v) is 10.2. The Morgan fingerprint density at radius 1 is 1.20 bits per heavy atom. The van der Waals surface area contributed by atoms with Crippen molar-refractivity contribution in [2.45, 2.75) is 57.3 Å². The van der Waals surface area contributed by atoms with Gasteiger partial charge < -0.3 is 14.5 Å². The minimum Gasteiger partial charge on any atom is -0.423 e. The molecule has 0 spiro atoms. The van der Waals surface area contributed by atoms with Crippen molar-refractivity contribution in [1.82, 2.24) is 0 Å². The van der Waals surface area contributed by atoms with Crippen LogP contribution in [0.1, 0.15) is 39.2 Å². The van der Waals surface area contributed by atoms with Gasteiger partial charge in [-0.2, -0.15) is 0 Å². The Bertz CT molecular complexity index is 490. The third-order valence-electron chi connectivity index (χ3n) is 4.67. The van der Waals surface area contributed by atoms with Gasteiger partial charge in [0.15, 0.2) is 8.32 Å². The van der Waals surface area contributed by atoms with Crippen LogP contribution in [0.3, 0.4) is 0 Å². The molecule has 1 aliphatic rings. The lowest BCUT2D eigenvalue weighted by atomic mass is 9.79. The van der Waals surface area contributed by atoms with Gasteiger partial charge in [-0.05, 0) is 42.0 Å². The average molecular weight is 292 g/mol. The smallest absolute Gasteiger partial charge is 0.423 e. The number of rotatable bonds is 4. The predicted molar refractivity (Wildman–Crippen MR) is 85.5 cm³/mol. The molecule has 2 rings (SSSR count). The summed E-state index contributed by atoms with van der Waals surface area (Å²) >= 11 is 0. The van der Waals surface area contributed by atoms with Gasteiger partial charge in [0.05, 0.1) is 5.60 Å². The third-order valence-corrected chi connectivity index (χ3v) is 9.19. The van der Waals surface area contributed by atoms with E-state index in [-0.39, 0.29) is 10.6 Å². The van der Waals surface area contributed by atoms with Gasteiger partial charge in [-0.1, -0.05) is 45.0 Å². The Hall–Kier alpha value is -0.618. The summed E-state index contributed by atoms with van der Waals surface area (Å²) in [6, 6.07) is 7.51. The maximum Gasteiger partial charge on any atom is 0.488 e. The first-order valence-electron chi connectivity index (χ1n) is 7.24. The molecule has 0 saturated heterocycles. The van der Waals surface area contributed by atoms with E-state index in [2.05, 4.69) is 33.9 Å². The molecule has 1 saturated carbocycles. The van der Waals surface area contributed by atoms with Crippen LogP contribution in [-0.4, -0.2) is 25.5 Å². The normalized spacial score (nSPS) is 17.9. The average Bonchev–Trinajstić information content (AvgIpc) is 3.08. The molecule has 0 atom stereocenters. The molecule has 0 amide bonds. The van der Waals surface area contributed by atoms with E-state index in [4.69, 9.17) is 4.43 Å². The monoisotopic (exact) mass is 292 g/mol. The molecule has 0 radical (unpaired) electrons. The highest BCUT2D eigenvalue weighted by atomic mass is 28.4.